The molecule has 3 aliphatic rings. The lowest BCUT2D eigenvalue weighted by atomic mass is 9.55. The summed E-state index contributed by atoms with van der Waals surface area (Å²) in [5.74, 6) is 7.15. The SMILES string of the molecule is CC(C)(C)c1ccc(C2=CB3C=CC=CN3C(c3ccccc3)=C2N2CN(c3cccc(Oc4ccc5c6ccccc6n(-c6cc(C(C)(C)C)ccn6)c5c4)c3)c3ccccc32)cc1. The first-order valence-corrected chi connectivity index (χ1v) is 22.7. The Hall–Kier alpha value is -7.51. The molecule has 0 aliphatic carbocycles. The fourth-order valence-electron chi connectivity index (χ4n) is 9.65. The summed E-state index contributed by atoms with van der Waals surface area (Å²) in [6.07, 6.45) is 8.45. The molecule has 11 rings (SSSR count). The summed E-state index contributed by atoms with van der Waals surface area (Å²) in [6.45, 7) is 14.2. The second kappa shape index (κ2) is 15.6. The molecule has 6 nitrogen and oxygen atoms in total. The van der Waals surface area contributed by atoms with E-state index in [4.69, 9.17) is 9.72 Å². The molecule has 3 aliphatic heterocycles. The van der Waals surface area contributed by atoms with E-state index in [0.29, 0.717) is 6.67 Å². The average Bonchev–Trinajstić information content (AvgIpc) is 3.87. The molecule has 0 saturated heterocycles. The van der Waals surface area contributed by atoms with Crippen molar-refractivity contribution in [1.29, 1.82) is 0 Å². The van der Waals surface area contributed by atoms with Crippen LogP contribution in [0, 0.1) is 0 Å². The van der Waals surface area contributed by atoms with Gasteiger partial charge in [0.05, 0.1) is 33.8 Å². The Labute approximate surface area is 382 Å². The number of allylic oxidation sites excluding steroid dienone is 3. The van der Waals surface area contributed by atoms with Crippen LogP contribution in [0.25, 0.3) is 38.9 Å². The third-order valence-electron chi connectivity index (χ3n) is 13.0. The van der Waals surface area contributed by atoms with Crippen LogP contribution in [0.3, 0.4) is 0 Å². The predicted octanol–water partition coefficient (Wildman–Crippen LogP) is 14.4. The van der Waals surface area contributed by atoms with Gasteiger partial charge in [-0.15, -0.1) is 0 Å². The van der Waals surface area contributed by atoms with E-state index in [2.05, 4.69) is 243 Å². The highest BCUT2D eigenvalue weighted by Crippen LogP contribution is 2.49. The van der Waals surface area contributed by atoms with Gasteiger partial charge in [0.2, 0.25) is 0 Å². The van der Waals surface area contributed by atoms with Crippen LogP contribution in [0.15, 0.2) is 200 Å². The molecule has 0 saturated carbocycles. The van der Waals surface area contributed by atoms with Gasteiger partial charge in [0.1, 0.15) is 24.0 Å². The summed E-state index contributed by atoms with van der Waals surface area (Å²) >= 11 is 0. The number of hydrogen-bond acceptors (Lipinski definition) is 5. The zero-order valence-electron chi connectivity index (χ0n) is 37.9. The number of aromatic nitrogens is 2. The second-order valence-electron chi connectivity index (χ2n) is 19.4. The van der Waals surface area contributed by atoms with Gasteiger partial charge in [-0.05, 0) is 106 Å². The Kier molecular flexibility index (Phi) is 9.69. The van der Waals surface area contributed by atoms with Gasteiger partial charge >= 0.3 is 6.85 Å². The number of rotatable bonds is 7. The van der Waals surface area contributed by atoms with Crippen molar-refractivity contribution in [3.8, 4) is 17.3 Å². The normalized spacial score (nSPS) is 15.0. The van der Waals surface area contributed by atoms with E-state index in [9.17, 15) is 0 Å². The molecular formula is C58H52BN5O. The highest BCUT2D eigenvalue weighted by molar-refractivity contribution is 6.70. The molecule has 6 aromatic carbocycles. The topological polar surface area (TPSA) is 36.8 Å². The van der Waals surface area contributed by atoms with Crippen molar-refractivity contribution in [2.24, 2.45) is 0 Å². The van der Waals surface area contributed by atoms with Crippen molar-refractivity contribution in [3.05, 3.63) is 222 Å². The van der Waals surface area contributed by atoms with E-state index >= 15 is 0 Å². The minimum atomic E-state index is -0.0111. The van der Waals surface area contributed by atoms with E-state index in [-0.39, 0.29) is 17.7 Å². The van der Waals surface area contributed by atoms with Crippen LogP contribution in [-0.4, -0.2) is 27.9 Å². The largest absolute Gasteiger partial charge is 0.457 e. The maximum absolute atomic E-state index is 6.81. The molecule has 0 radical (unpaired) electrons. The van der Waals surface area contributed by atoms with Gasteiger partial charge in [-0.25, -0.2) is 4.98 Å². The number of para-hydroxylation sites is 3. The quantitative estimate of drug-likeness (QED) is 0.149. The molecule has 2 aromatic heterocycles. The fourth-order valence-corrected chi connectivity index (χ4v) is 9.65. The minimum Gasteiger partial charge on any atom is -0.457 e. The summed E-state index contributed by atoms with van der Waals surface area (Å²) in [5, 5.41) is 2.34. The third kappa shape index (κ3) is 7.21. The maximum Gasteiger partial charge on any atom is 0.313 e. The lowest BCUT2D eigenvalue weighted by Gasteiger charge is -2.39. The number of nitrogens with zero attached hydrogens (tertiary/aromatic N) is 5. The lowest BCUT2D eigenvalue weighted by Crippen LogP contribution is -2.40. The van der Waals surface area contributed by atoms with E-state index in [0.717, 1.165) is 50.8 Å². The summed E-state index contributed by atoms with van der Waals surface area (Å²) < 4.78 is 9.08. The number of pyridine rings is 1. The fraction of sp³-hybridized carbons (Fsp3) is 0.155. The van der Waals surface area contributed by atoms with Crippen LogP contribution in [-0.2, 0) is 10.8 Å². The van der Waals surface area contributed by atoms with Crippen LogP contribution >= 0.6 is 0 Å². The number of anilines is 3. The maximum atomic E-state index is 6.81. The van der Waals surface area contributed by atoms with Gasteiger partial charge < -0.3 is 19.3 Å². The highest BCUT2D eigenvalue weighted by atomic mass is 16.5. The third-order valence-corrected chi connectivity index (χ3v) is 13.0. The number of benzene rings is 6. The van der Waals surface area contributed by atoms with Gasteiger partial charge in [-0.1, -0.05) is 151 Å². The van der Waals surface area contributed by atoms with Crippen LogP contribution in [0.4, 0.5) is 17.1 Å². The standard InChI is InChI=1S/C58H52BN5O/c1-57(2,3)42-27-25-40(26-28-42)49-38-59-32-14-15-34-63(59)55(41-17-8-7-9-18-41)56(49)62-39-61(51-23-12-13-24-52(51)62)44-19-16-20-45(36-44)65-46-29-30-48-47-21-10-11-22-50(47)64(53(48)37-46)54-35-43(31-33-60-54)58(4,5)6/h7-38H,39H2,1-6H3. The lowest BCUT2D eigenvalue weighted by molar-refractivity contribution is 0.483. The Morgan fingerprint density at radius 3 is 2.05 bits per heavy atom. The van der Waals surface area contributed by atoms with Gasteiger partial charge in [0.25, 0.3) is 0 Å². The van der Waals surface area contributed by atoms with Gasteiger partial charge in [-0.3, -0.25) is 4.57 Å². The van der Waals surface area contributed by atoms with Crippen molar-refractivity contribution in [2.45, 2.75) is 52.4 Å². The Balaban J connectivity index is 0.989. The van der Waals surface area contributed by atoms with Crippen molar-refractivity contribution >= 4 is 57.0 Å². The van der Waals surface area contributed by atoms with Gasteiger partial charge in [0, 0.05) is 34.8 Å². The van der Waals surface area contributed by atoms with Crippen LogP contribution in [0.2, 0.25) is 0 Å². The first-order valence-electron chi connectivity index (χ1n) is 22.7. The summed E-state index contributed by atoms with van der Waals surface area (Å²) in [4.78, 5) is 12.2. The first-order chi connectivity index (χ1) is 31.5. The van der Waals surface area contributed by atoms with Crippen LogP contribution in [0.5, 0.6) is 11.5 Å². The van der Waals surface area contributed by atoms with E-state index in [1.54, 1.807) is 0 Å². The second-order valence-corrected chi connectivity index (χ2v) is 19.4. The molecule has 0 spiro atoms. The predicted molar refractivity (Wildman–Crippen MR) is 272 cm³/mol. The molecule has 0 amide bonds. The van der Waals surface area contributed by atoms with E-state index in [1.807, 2.05) is 12.3 Å². The van der Waals surface area contributed by atoms with Crippen molar-refractivity contribution < 1.29 is 4.74 Å². The number of ether oxygens (including phenoxy) is 1. The minimum absolute atomic E-state index is 0.0111. The molecule has 0 atom stereocenters. The zero-order chi connectivity index (χ0) is 44.5. The molecule has 5 heterocycles. The molecular weight excluding hydrogens is 793 g/mol. The molecule has 65 heavy (non-hydrogen) atoms. The van der Waals surface area contributed by atoms with Crippen molar-refractivity contribution in [2.75, 3.05) is 16.5 Å². The molecule has 8 aromatic rings. The highest BCUT2D eigenvalue weighted by Gasteiger charge is 2.38. The summed E-state index contributed by atoms with van der Waals surface area (Å²) in [5.41, 5.74) is 14.0. The van der Waals surface area contributed by atoms with Gasteiger partial charge in [-0.2, -0.15) is 0 Å². The number of fused-ring (bicyclic) bond motifs is 5. The first kappa shape index (κ1) is 40.3. The van der Waals surface area contributed by atoms with Crippen LogP contribution < -0.4 is 14.5 Å². The molecule has 0 bridgehead atoms. The monoisotopic (exact) mass is 845 g/mol. The molecule has 0 N–H and O–H groups in total. The molecule has 0 fully saturated rings. The average molecular weight is 846 g/mol. The molecule has 7 heteroatoms. The van der Waals surface area contributed by atoms with Crippen molar-refractivity contribution in [3.63, 3.8) is 0 Å². The smallest absolute Gasteiger partial charge is 0.313 e. The van der Waals surface area contributed by atoms with E-state index < -0.39 is 0 Å². The molecule has 318 valence electrons. The zero-order valence-corrected chi connectivity index (χ0v) is 37.9. The Bertz CT molecular complexity index is 3250. The Morgan fingerprint density at radius 1 is 0.554 bits per heavy atom. The van der Waals surface area contributed by atoms with Crippen LogP contribution in [0.1, 0.15) is 63.8 Å². The van der Waals surface area contributed by atoms with E-state index in [1.165, 1.54) is 44.6 Å². The summed E-state index contributed by atoms with van der Waals surface area (Å²) in [6, 6.07) is 56.7. The van der Waals surface area contributed by atoms with Crippen molar-refractivity contribution in [1.82, 2.24) is 14.4 Å². The number of hydrogen-bond donors (Lipinski definition) is 0. The summed E-state index contributed by atoms with van der Waals surface area (Å²) in [7, 11) is 0. The molecule has 0 unspecified atom stereocenters. The van der Waals surface area contributed by atoms with Gasteiger partial charge in [0.15, 0.2) is 0 Å². The Morgan fingerprint density at radius 2 is 1.26 bits per heavy atom.